The van der Waals surface area contributed by atoms with Crippen LogP contribution in [0.15, 0.2) is 55.7 Å². The number of nitrogens with zero attached hydrogens (tertiary/aromatic N) is 2. The van der Waals surface area contributed by atoms with Crippen molar-refractivity contribution in [2.45, 2.75) is 107 Å². The summed E-state index contributed by atoms with van der Waals surface area (Å²) in [4.78, 5) is 83.4. The summed E-state index contributed by atoms with van der Waals surface area (Å²) in [5.41, 5.74) is -1.10. The minimum Gasteiger partial charge on any atom is -0.457 e. The molecule has 1 aliphatic heterocycles. The van der Waals surface area contributed by atoms with Gasteiger partial charge in [-0.1, -0.05) is 31.4 Å². The van der Waals surface area contributed by atoms with Gasteiger partial charge in [0.05, 0.1) is 11.8 Å². The summed E-state index contributed by atoms with van der Waals surface area (Å²) in [5.74, 6) is -5.01. The van der Waals surface area contributed by atoms with Crippen LogP contribution in [0.25, 0.3) is 0 Å². The van der Waals surface area contributed by atoms with Crippen molar-refractivity contribution >= 4 is 45.7 Å². The van der Waals surface area contributed by atoms with Gasteiger partial charge >= 0.3 is 12.1 Å². The van der Waals surface area contributed by atoms with Crippen molar-refractivity contribution in [3.05, 3.63) is 72.6 Å². The van der Waals surface area contributed by atoms with Crippen LogP contribution >= 0.6 is 0 Å². The van der Waals surface area contributed by atoms with Gasteiger partial charge in [0, 0.05) is 31.5 Å². The van der Waals surface area contributed by atoms with Gasteiger partial charge in [-0.2, -0.15) is 0 Å². The second-order valence-electron chi connectivity index (χ2n) is 16.2. The van der Waals surface area contributed by atoms with Crippen molar-refractivity contribution in [3.8, 4) is 0 Å². The quantitative estimate of drug-likeness (QED) is 0.135. The second-order valence-corrected chi connectivity index (χ2v) is 18.2. The molecule has 17 heteroatoms. The third-order valence-corrected chi connectivity index (χ3v) is 12.7. The van der Waals surface area contributed by atoms with Crippen LogP contribution in [0, 0.1) is 17.7 Å². The fourth-order valence-corrected chi connectivity index (χ4v) is 8.71. The molecule has 0 spiro atoms. The van der Waals surface area contributed by atoms with Crippen molar-refractivity contribution in [3.63, 3.8) is 0 Å². The SMILES string of the molecule is C=CC(=O)N(C)CC[C@H](NC(=O)OC(C)(C)C)C(=O)N1C[C@H](OC(=O)C(=C)C2CCc3c(F)cccc3C2)C[C@H]1C(=O)N[C@]1(C(=O)NS(=O)(=O)C2CC2)CC1C=C. The number of ether oxygens (including phenoxy) is 2. The molecule has 0 radical (unpaired) electrons. The Hall–Kier alpha value is -5.06. The Bertz CT molecular complexity index is 1960. The van der Waals surface area contributed by atoms with Crippen molar-refractivity contribution in [1.29, 1.82) is 0 Å². The standard InChI is InChI=1S/C40H52FN5O10S/c1-8-26-21-40(26,37(51)44-57(53,54)28-14-15-28)43-34(48)32-20-27(55-36(50)23(3)24-13-16-29-25(19-24)11-10-12-30(29)41)22-46(32)35(49)31(17-18-45(7)33(47)9-2)42-38(52)56-39(4,5)6/h8-12,24,26-28,31-32H,1-3,13-22H2,4-7H3,(H,42,52)(H,43,48)(H,44,51)/t24?,26?,27-,31+,32+,40-/m1/s1. The molecule has 2 unspecified atom stereocenters. The van der Waals surface area contributed by atoms with E-state index in [0.717, 1.165) is 16.5 Å². The molecular formula is C40H52FN5O10S. The Kier molecular flexibility index (Phi) is 12.7. The number of hydrogen-bond acceptors (Lipinski definition) is 10. The predicted molar refractivity (Wildman–Crippen MR) is 206 cm³/mol. The summed E-state index contributed by atoms with van der Waals surface area (Å²) >= 11 is 0. The number of amides is 5. The van der Waals surface area contributed by atoms with E-state index in [1.165, 1.54) is 24.1 Å². The molecule has 310 valence electrons. The molecule has 4 aliphatic rings. The first-order chi connectivity index (χ1) is 26.7. The second kappa shape index (κ2) is 16.8. The maximum absolute atomic E-state index is 14.5. The number of rotatable bonds is 15. The molecule has 57 heavy (non-hydrogen) atoms. The number of nitrogens with one attached hydrogen (secondary N) is 3. The highest BCUT2D eigenvalue weighted by molar-refractivity contribution is 7.91. The number of likely N-dealkylation sites (N-methyl/N-ethyl adjacent to an activating group) is 1. The summed E-state index contributed by atoms with van der Waals surface area (Å²) in [6.45, 7) is 15.8. The van der Waals surface area contributed by atoms with E-state index in [-0.39, 0.29) is 49.7 Å². The molecule has 1 aromatic rings. The van der Waals surface area contributed by atoms with Gasteiger partial charge in [0.1, 0.15) is 35.1 Å². The van der Waals surface area contributed by atoms with Gasteiger partial charge in [-0.25, -0.2) is 22.4 Å². The summed E-state index contributed by atoms with van der Waals surface area (Å²) in [6.07, 6.45) is 2.26. The lowest BCUT2D eigenvalue weighted by Gasteiger charge is -2.31. The molecule has 0 aromatic heterocycles. The monoisotopic (exact) mass is 813 g/mol. The lowest BCUT2D eigenvalue weighted by atomic mass is 9.80. The number of esters is 1. The lowest BCUT2D eigenvalue weighted by molar-refractivity contribution is -0.145. The van der Waals surface area contributed by atoms with Gasteiger partial charge in [0.15, 0.2) is 0 Å². The molecule has 5 rings (SSSR count). The minimum absolute atomic E-state index is 0.0197. The number of halogens is 1. The highest BCUT2D eigenvalue weighted by Gasteiger charge is 2.62. The van der Waals surface area contributed by atoms with Crippen molar-refractivity contribution in [1.82, 2.24) is 25.2 Å². The maximum atomic E-state index is 14.5. The van der Waals surface area contributed by atoms with E-state index >= 15 is 0 Å². The Morgan fingerprint density at radius 2 is 1.82 bits per heavy atom. The number of carbonyl (C=O) groups is 6. The molecule has 1 heterocycles. The van der Waals surface area contributed by atoms with Crippen LogP contribution in [-0.4, -0.2) is 109 Å². The Morgan fingerprint density at radius 1 is 1.12 bits per heavy atom. The van der Waals surface area contributed by atoms with E-state index in [4.69, 9.17) is 9.47 Å². The number of fused-ring (bicyclic) bond motifs is 1. The Morgan fingerprint density at radius 3 is 2.44 bits per heavy atom. The van der Waals surface area contributed by atoms with E-state index in [2.05, 4.69) is 35.1 Å². The van der Waals surface area contributed by atoms with Crippen LogP contribution in [0.3, 0.4) is 0 Å². The van der Waals surface area contributed by atoms with Gasteiger partial charge in [-0.3, -0.25) is 23.9 Å². The van der Waals surface area contributed by atoms with E-state index in [1.807, 2.05) is 0 Å². The highest BCUT2D eigenvalue weighted by Crippen LogP contribution is 2.45. The van der Waals surface area contributed by atoms with Crippen LogP contribution in [0.5, 0.6) is 0 Å². The summed E-state index contributed by atoms with van der Waals surface area (Å²) in [6, 6.07) is 2.08. The van der Waals surface area contributed by atoms with Crippen molar-refractivity contribution < 1.29 is 51.0 Å². The van der Waals surface area contributed by atoms with Gasteiger partial charge in [-0.05, 0) is 94.9 Å². The molecule has 15 nitrogen and oxygen atoms in total. The molecule has 3 N–H and O–H groups in total. The van der Waals surface area contributed by atoms with Gasteiger partial charge < -0.3 is 29.9 Å². The molecule has 3 fully saturated rings. The van der Waals surface area contributed by atoms with Crippen molar-refractivity contribution in [2.24, 2.45) is 11.8 Å². The average Bonchev–Trinajstić information content (AvgIpc) is 4.08. The first kappa shape index (κ1) is 43.1. The fourth-order valence-electron chi connectivity index (χ4n) is 7.34. The highest BCUT2D eigenvalue weighted by atomic mass is 32.2. The van der Waals surface area contributed by atoms with Crippen LogP contribution in [0.2, 0.25) is 0 Å². The normalized spacial score (nSPS) is 24.5. The number of carbonyl (C=O) groups excluding carboxylic acids is 6. The predicted octanol–water partition coefficient (Wildman–Crippen LogP) is 2.60. The van der Waals surface area contributed by atoms with Crippen LogP contribution in [0.4, 0.5) is 9.18 Å². The van der Waals surface area contributed by atoms with Crippen LogP contribution in [-0.2, 0) is 56.3 Å². The average molecular weight is 814 g/mol. The molecule has 5 amide bonds. The zero-order valence-electron chi connectivity index (χ0n) is 32.8. The van der Waals surface area contributed by atoms with E-state index in [9.17, 15) is 41.6 Å². The summed E-state index contributed by atoms with van der Waals surface area (Å²) < 4.78 is 53.1. The van der Waals surface area contributed by atoms with E-state index in [1.54, 1.807) is 32.9 Å². The summed E-state index contributed by atoms with van der Waals surface area (Å²) in [7, 11) is -2.50. The first-order valence-electron chi connectivity index (χ1n) is 19.0. The van der Waals surface area contributed by atoms with E-state index in [0.29, 0.717) is 37.7 Å². The molecule has 1 saturated heterocycles. The minimum atomic E-state index is -3.98. The molecular weight excluding hydrogens is 762 g/mol. The topological polar surface area (TPSA) is 198 Å². The number of hydrogen-bond donors (Lipinski definition) is 3. The maximum Gasteiger partial charge on any atom is 0.408 e. The largest absolute Gasteiger partial charge is 0.457 e. The van der Waals surface area contributed by atoms with Gasteiger partial charge in [-0.15, -0.1) is 6.58 Å². The number of benzene rings is 1. The number of likely N-dealkylation sites (tertiary alicyclic amines) is 1. The zero-order chi connectivity index (χ0) is 42.0. The summed E-state index contributed by atoms with van der Waals surface area (Å²) in [5, 5.41) is 4.52. The third kappa shape index (κ3) is 10.1. The van der Waals surface area contributed by atoms with Gasteiger partial charge in [0.25, 0.3) is 5.91 Å². The number of sulfonamides is 1. The lowest BCUT2D eigenvalue weighted by Crippen LogP contribution is -2.58. The molecule has 2 saturated carbocycles. The molecule has 6 atom stereocenters. The smallest absolute Gasteiger partial charge is 0.408 e. The first-order valence-corrected chi connectivity index (χ1v) is 20.6. The molecule has 3 aliphatic carbocycles. The Balaban J connectivity index is 1.39. The molecule has 0 bridgehead atoms. The van der Waals surface area contributed by atoms with E-state index < -0.39 is 86.2 Å². The number of alkyl carbamates (subject to hydrolysis) is 1. The Labute approximate surface area is 332 Å². The third-order valence-electron chi connectivity index (χ3n) is 10.8. The van der Waals surface area contributed by atoms with Gasteiger partial charge in [0.2, 0.25) is 27.7 Å². The zero-order valence-corrected chi connectivity index (χ0v) is 33.6. The van der Waals surface area contributed by atoms with Crippen molar-refractivity contribution in [2.75, 3.05) is 20.1 Å². The van der Waals surface area contributed by atoms with Crippen LogP contribution < -0.4 is 15.4 Å². The molecule has 1 aromatic carbocycles. The van der Waals surface area contributed by atoms with Crippen LogP contribution in [0.1, 0.15) is 70.4 Å². The fraction of sp³-hybridized carbons (Fsp3) is 0.550.